The van der Waals surface area contributed by atoms with Gasteiger partial charge < -0.3 is 15.7 Å². The van der Waals surface area contributed by atoms with Gasteiger partial charge in [-0.25, -0.2) is 4.79 Å². The van der Waals surface area contributed by atoms with Crippen molar-refractivity contribution in [3.8, 4) is 0 Å². The van der Waals surface area contributed by atoms with Crippen LogP contribution in [0.3, 0.4) is 0 Å². The molecule has 0 bridgehead atoms. The Bertz CT molecular complexity index is 549. The maximum Gasteiger partial charge on any atom is 0.416 e. The number of hydrogen-bond acceptors (Lipinski definition) is 2. The fraction of sp³-hybridized carbons (Fsp3) is 0.333. The van der Waals surface area contributed by atoms with E-state index in [-0.39, 0.29) is 16.6 Å². The molecule has 0 saturated heterocycles. The lowest BCUT2D eigenvalue weighted by atomic mass is 10.2. The van der Waals surface area contributed by atoms with Crippen molar-refractivity contribution in [2.45, 2.75) is 25.6 Å². The third-order valence-electron chi connectivity index (χ3n) is 2.34. The molecule has 116 valence electrons. The Morgan fingerprint density at radius 3 is 2.48 bits per heavy atom. The van der Waals surface area contributed by atoms with Crippen LogP contribution in [0.5, 0.6) is 0 Å². The number of urea groups is 1. The molecule has 0 heterocycles. The Morgan fingerprint density at radius 1 is 1.33 bits per heavy atom. The molecular weight excluding hydrogens is 357 g/mol. The van der Waals surface area contributed by atoms with E-state index in [1.54, 1.807) is 0 Å². The second-order valence-electron chi connectivity index (χ2n) is 4.32. The van der Waals surface area contributed by atoms with Crippen LogP contribution >= 0.6 is 15.9 Å². The van der Waals surface area contributed by atoms with Crippen molar-refractivity contribution < 1.29 is 27.9 Å². The summed E-state index contributed by atoms with van der Waals surface area (Å²) < 4.78 is 38.0. The maximum atomic E-state index is 12.6. The Kier molecular flexibility index (Phi) is 5.59. The Balaban J connectivity index is 2.77. The van der Waals surface area contributed by atoms with Crippen LogP contribution in [-0.4, -0.2) is 23.1 Å². The van der Waals surface area contributed by atoms with Gasteiger partial charge in [-0.3, -0.25) is 4.79 Å². The van der Waals surface area contributed by atoms with Gasteiger partial charge in [-0.05, 0) is 25.1 Å². The first-order valence-electron chi connectivity index (χ1n) is 5.75. The summed E-state index contributed by atoms with van der Waals surface area (Å²) in [4.78, 5) is 22.0. The fourth-order valence-electron chi connectivity index (χ4n) is 1.53. The van der Waals surface area contributed by atoms with Crippen LogP contribution in [0, 0.1) is 0 Å². The van der Waals surface area contributed by atoms with Crippen LogP contribution in [0.25, 0.3) is 0 Å². The van der Waals surface area contributed by atoms with E-state index in [2.05, 4.69) is 26.6 Å². The van der Waals surface area contributed by atoms with E-state index in [1.165, 1.54) is 13.0 Å². The molecule has 0 aliphatic rings. The Morgan fingerprint density at radius 2 is 1.95 bits per heavy atom. The number of amides is 2. The number of benzene rings is 1. The van der Waals surface area contributed by atoms with Gasteiger partial charge >= 0.3 is 18.2 Å². The van der Waals surface area contributed by atoms with E-state index in [9.17, 15) is 22.8 Å². The first-order valence-corrected chi connectivity index (χ1v) is 6.54. The van der Waals surface area contributed by atoms with Crippen molar-refractivity contribution in [2.75, 3.05) is 5.32 Å². The molecule has 0 spiro atoms. The summed E-state index contributed by atoms with van der Waals surface area (Å²) in [7, 11) is 0. The number of aliphatic carboxylic acids is 1. The second kappa shape index (κ2) is 6.79. The highest BCUT2D eigenvalue weighted by molar-refractivity contribution is 9.10. The van der Waals surface area contributed by atoms with Gasteiger partial charge in [0.25, 0.3) is 0 Å². The van der Waals surface area contributed by atoms with Crippen LogP contribution in [0.2, 0.25) is 0 Å². The van der Waals surface area contributed by atoms with Crippen LogP contribution in [-0.2, 0) is 11.0 Å². The molecule has 1 aromatic rings. The topological polar surface area (TPSA) is 78.4 Å². The van der Waals surface area contributed by atoms with Gasteiger partial charge in [0, 0.05) is 16.2 Å². The average Bonchev–Trinajstić information content (AvgIpc) is 2.24. The minimum Gasteiger partial charge on any atom is -0.481 e. The van der Waals surface area contributed by atoms with E-state index >= 15 is 0 Å². The molecule has 1 atom stereocenters. The molecule has 0 fully saturated rings. The molecule has 21 heavy (non-hydrogen) atoms. The molecule has 1 rings (SSSR count). The van der Waals surface area contributed by atoms with Crippen molar-refractivity contribution in [2.24, 2.45) is 0 Å². The van der Waals surface area contributed by atoms with Gasteiger partial charge in [-0.1, -0.05) is 15.9 Å². The first-order chi connectivity index (χ1) is 9.57. The van der Waals surface area contributed by atoms with Crippen LogP contribution in [0.15, 0.2) is 22.7 Å². The van der Waals surface area contributed by atoms with Crippen LogP contribution < -0.4 is 10.6 Å². The number of carbonyl (C=O) groups excluding carboxylic acids is 1. The number of nitrogens with one attached hydrogen (secondary N) is 2. The van der Waals surface area contributed by atoms with Gasteiger partial charge in [0.05, 0.1) is 12.0 Å². The highest BCUT2D eigenvalue weighted by atomic mass is 79.9. The lowest BCUT2D eigenvalue weighted by molar-refractivity contribution is -0.138. The van der Waals surface area contributed by atoms with Crippen molar-refractivity contribution in [1.29, 1.82) is 0 Å². The van der Waals surface area contributed by atoms with Gasteiger partial charge in [0.1, 0.15) is 0 Å². The lowest BCUT2D eigenvalue weighted by Gasteiger charge is -2.14. The summed E-state index contributed by atoms with van der Waals surface area (Å²) in [5.74, 6) is -1.09. The predicted octanol–water partition coefficient (Wildman–Crippen LogP) is 3.45. The molecule has 3 N–H and O–H groups in total. The monoisotopic (exact) mass is 368 g/mol. The minimum atomic E-state index is -4.53. The smallest absolute Gasteiger partial charge is 0.416 e. The normalized spacial score (nSPS) is 12.6. The van der Waals surface area contributed by atoms with Gasteiger partial charge in [-0.2, -0.15) is 13.2 Å². The average molecular weight is 369 g/mol. The van der Waals surface area contributed by atoms with Crippen LogP contribution in [0.4, 0.5) is 23.7 Å². The maximum absolute atomic E-state index is 12.6. The largest absolute Gasteiger partial charge is 0.481 e. The highest BCUT2D eigenvalue weighted by Gasteiger charge is 2.31. The fourth-order valence-corrected chi connectivity index (χ4v) is 2.02. The molecule has 0 aliphatic carbocycles. The van der Waals surface area contributed by atoms with E-state index in [0.29, 0.717) is 0 Å². The molecular formula is C12H12BrF3N2O3. The number of halogens is 4. The van der Waals surface area contributed by atoms with E-state index < -0.39 is 29.8 Å². The molecule has 1 unspecified atom stereocenters. The number of hydrogen-bond donors (Lipinski definition) is 3. The Labute approximate surface area is 126 Å². The zero-order chi connectivity index (χ0) is 16.2. The first kappa shape index (κ1) is 17.3. The molecule has 5 nitrogen and oxygen atoms in total. The molecule has 0 aromatic heterocycles. The number of carboxylic acid groups (broad SMARTS) is 1. The predicted molar refractivity (Wildman–Crippen MR) is 73.0 cm³/mol. The number of alkyl halides is 3. The van der Waals surface area contributed by atoms with Gasteiger partial charge in [0.15, 0.2) is 0 Å². The van der Waals surface area contributed by atoms with Crippen molar-refractivity contribution in [3.05, 3.63) is 28.2 Å². The summed E-state index contributed by atoms with van der Waals surface area (Å²) in [5.41, 5.74) is -0.970. The number of rotatable bonds is 4. The van der Waals surface area contributed by atoms with Crippen molar-refractivity contribution in [1.82, 2.24) is 5.32 Å². The quantitative estimate of drug-likeness (QED) is 0.761. The third-order valence-corrected chi connectivity index (χ3v) is 2.80. The van der Waals surface area contributed by atoms with Crippen molar-refractivity contribution >= 4 is 33.6 Å². The molecule has 0 radical (unpaired) electrons. The molecule has 0 saturated carbocycles. The zero-order valence-electron chi connectivity index (χ0n) is 10.8. The number of carbonyl (C=O) groups is 2. The number of carboxylic acids is 1. The summed E-state index contributed by atoms with van der Waals surface area (Å²) in [5, 5.41) is 13.1. The molecule has 0 aliphatic heterocycles. The standard InChI is InChI=1S/C12H12BrF3N2O3/c1-6(2-10(19)20)17-11(21)18-9-4-7(12(14,15)16)3-8(13)5-9/h3-6H,2H2,1H3,(H,19,20)(H2,17,18,21). The summed E-state index contributed by atoms with van der Waals surface area (Å²) in [6, 6.07) is 1.53. The summed E-state index contributed by atoms with van der Waals surface area (Å²) in [6.45, 7) is 1.47. The van der Waals surface area contributed by atoms with Gasteiger partial charge in [0.2, 0.25) is 0 Å². The lowest BCUT2D eigenvalue weighted by Crippen LogP contribution is -2.37. The highest BCUT2D eigenvalue weighted by Crippen LogP contribution is 2.33. The Hall–Kier alpha value is -1.77. The minimum absolute atomic E-state index is 0.0586. The summed E-state index contributed by atoms with van der Waals surface area (Å²) >= 11 is 2.93. The SMILES string of the molecule is CC(CC(=O)O)NC(=O)Nc1cc(Br)cc(C(F)(F)F)c1. The summed E-state index contributed by atoms with van der Waals surface area (Å²) in [6.07, 6.45) is -4.83. The van der Waals surface area contributed by atoms with Crippen molar-refractivity contribution in [3.63, 3.8) is 0 Å². The molecule has 2 amide bonds. The molecule has 9 heteroatoms. The molecule has 1 aromatic carbocycles. The van der Waals surface area contributed by atoms with E-state index in [0.717, 1.165) is 12.1 Å². The van der Waals surface area contributed by atoms with E-state index in [1.807, 2.05) is 0 Å². The second-order valence-corrected chi connectivity index (χ2v) is 5.24. The zero-order valence-corrected chi connectivity index (χ0v) is 12.4. The third kappa shape index (κ3) is 6.03. The van der Waals surface area contributed by atoms with E-state index in [4.69, 9.17) is 5.11 Å². The number of anilines is 1. The van der Waals surface area contributed by atoms with Crippen LogP contribution in [0.1, 0.15) is 18.9 Å². The van der Waals surface area contributed by atoms with Gasteiger partial charge in [-0.15, -0.1) is 0 Å².